The molecule has 0 bridgehead atoms. The van der Waals surface area contributed by atoms with Gasteiger partial charge in [-0.25, -0.2) is 9.59 Å². The molecule has 0 unspecified atom stereocenters. The Balaban J connectivity index is 1.62. The molecule has 1 saturated heterocycles. The summed E-state index contributed by atoms with van der Waals surface area (Å²) in [5.41, 5.74) is 1.15. The second kappa shape index (κ2) is 11.8. The van der Waals surface area contributed by atoms with Crippen LogP contribution in [-0.4, -0.2) is 54.5 Å². The van der Waals surface area contributed by atoms with E-state index in [2.05, 4.69) is 0 Å². The first-order chi connectivity index (χ1) is 17.1. The number of hydrogen-bond acceptors (Lipinski definition) is 8. The van der Waals surface area contributed by atoms with Crippen molar-refractivity contribution in [2.45, 2.75) is 23.7 Å². The van der Waals surface area contributed by atoms with Crippen LogP contribution >= 0.6 is 11.8 Å². The molecule has 3 aromatic carbocycles. The van der Waals surface area contributed by atoms with Gasteiger partial charge in [-0.2, -0.15) is 0 Å². The summed E-state index contributed by atoms with van der Waals surface area (Å²) in [6.07, 6.45) is -3.10. The summed E-state index contributed by atoms with van der Waals surface area (Å²) in [7, 11) is 1.41. The van der Waals surface area contributed by atoms with E-state index < -0.39 is 35.7 Å². The van der Waals surface area contributed by atoms with Gasteiger partial charge < -0.3 is 18.9 Å². The smallest absolute Gasteiger partial charge is 0.338 e. The van der Waals surface area contributed by atoms with Crippen molar-refractivity contribution in [2.24, 2.45) is 0 Å². The van der Waals surface area contributed by atoms with E-state index in [1.165, 1.54) is 7.11 Å². The van der Waals surface area contributed by atoms with Crippen LogP contribution < -0.4 is 0 Å². The Kier molecular flexibility index (Phi) is 8.31. The Labute approximate surface area is 207 Å². The standard InChI is InChI=1S/C27H24O7S/c1-31-27-23(34-25(29)19-13-7-3-8-14-19)22(33-24(28)18-11-5-2-6-12-18)21(17-32-27)35-26(30)20-15-9-4-10-16-20/h2-16,21-23,27H,17H2,1H3/t21-,22-,23-,27+/m1/s1. The zero-order valence-electron chi connectivity index (χ0n) is 18.9. The summed E-state index contributed by atoms with van der Waals surface area (Å²) in [4.78, 5) is 38.8. The molecule has 3 aromatic rings. The highest BCUT2D eigenvalue weighted by Crippen LogP contribution is 2.32. The molecule has 0 aliphatic carbocycles. The molecule has 0 spiro atoms. The van der Waals surface area contributed by atoms with Crippen molar-refractivity contribution in [3.05, 3.63) is 108 Å². The van der Waals surface area contributed by atoms with E-state index in [0.717, 1.165) is 11.8 Å². The number of carbonyl (C=O) groups is 3. The van der Waals surface area contributed by atoms with E-state index in [1.54, 1.807) is 84.9 Å². The van der Waals surface area contributed by atoms with Crippen LogP contribution in [0.5, 0.6) is 0 Å². The maximum absolute atomic E-state index is 13.0. The normalized spacial score (nSPS) is 21.6. The summed E-state index contributed by atoms with van der Waals surface area (Å²) in [5.74, 6) is -1.23. The lowest BCUT2D eigenvalue weighted by molar-refractivity contribution is -0.229. The van der Waals surface area contributed by atoms with Gasteiger partial charge in [-0.15, -0.1) is 0 Å². The van der Waals surface area contributed by atoms with Crippen molar-refractivity contribution in [2.75, 3.05) is 13.7 Å². The van der Waals surface area contributed by atoms with Gasteiger partial charge >= 0.3 is 11.9 Å². The minimum Gasteiger partial charge on any atom is -0.453 e. The molecular formula is C27H24O7S. The van der Waals surface area contributed by atoms with Crippen LogP contribution in [0.25, 0.3) is 0 Å². The fourth-order valence-corrected chi connectivity index (χ4v) is 4.66. The van der Waals surface area contributed by atoms with Crippen LogP contribution in [0, 0.1) is 0 Å². The number of ether oxygens (including phenoxy) is 4. The third-order valence-electron chi connectivity index (χ3n) is 5.39. The Morgan fingerprint density at radius 1 is 0.714 bits per heavy atom. The van der Waals surface area contributed by atoms with E-state index in [-0.39, 0.29) is 11.7 Å². The molecule has 0 amide bonds. The average molecular weight is 493 g/mol. The molecule has 0 saturated carbocycles. The fourth-order valence-electron chi connectivity index (χ4n) is 3.63. The average Bonchev–Trinajstić information content (AvgIpc) is 2.91. The van der Waals surface area contributed by atoms with Gasteiger partial charge in [0.1, 0.15) is 0 Å². The molecule has 0 N–H and O–H groups in total. The number of rotatable bonds is 7. The lowest BCUT2D eigenvalue weighted by atomic mass is 10.1. The molecule has 4 atom stereocenters. The van der Waals surface area contributed by atoms with Crippen LogP contribution in [0.4, 0.5) is 0 Å². The molecule has 1 fully saturated rings. The molecular weight excluding hydrogens is 468 g/mol. The van der Waals surface area contributed by atoms with E-state index in [4.69, 9.17) is 18.9 Å². The molecule has 0 radical (unpaired) electrons. The number of carbonyl (C=O) groups excluding carboxylic acids is 3. The SMILES string of the molecule is CO[C@H]1OC[C@@H](SC(=O)c2ccccc2)[C@@H](OC(=O)c2ccccc2)[C@H]1OC(=O)c1ccccc1. The van der Waals surface area contributed by atoms with E-state index in [9.17, 15) is 14.4 Å². The molecule has 180 valence electrons. The van der Waals surface area contributed by atoms with Gasteiger partial charge in [0.05, 0.1) is 23.0 Å². The van der Waals surface area contributed by atoms with Crippen LogP contribution in [-0.2, 0) is 18.9 Å². The topological polar surface area (TPSA) is 88.1 Å². The number of esters is 2. The third-order valence-corrected chi connectivity index (χ3v) is 6.55. The van der Waals surface area contributed by atoms with Crippen LogP contribution in [0.15, 0.2) is 91.0 Å². The maximum atomic E-state index is 13.0. The van der Waals surface area contributed by atoms with Crippen molar-refractivity contribution in [3.8, 4) is 0 Å². The Morgan fingerprint density at radius 2 is 1.17 bits per heavy atom. The van der Waals surface area contributed by atoms with E-state index in [0.29, 0.717) is 16.7 Å². The first-order valence-electron chi connectivity index (χ1n) is 11.0. The van der Waals surface area contributed by atoms with Gasteiger partial charge in [-0.1, -0.05) is 78.5 Å². The van der Waals surface area contributed by atoms with Crippen molar-refractivity contribution < 1.29 is 33.3 Å². The summed E-state index contributed by atoms with van der Waals surface area (Å²) >= 11 is 0.970. The highest BCUT2D eigenvalue weighted by molar-refractivity contribution is 8.14. The van der Waals surface area contributed by atoms with Crippen molar-refractivity contribution in [1.29, 1.82) is 0 Å². The monoisotopic (exact) mass is 492 g/mol. The second-order valence-electron chi connectivity index (χ2n) is 7.72. The predicted octanol–water partition coefficient (Wildman–Crippen LogP) is 4.38. The first-order valence-corrected chi connectivity index (χ1v) is 11.9. The maximum Gasteiger partial charge on any atom is 0.338 e. The minimum atomic E-state index is -1.10. The van der Waals surface area contributed by atoms with Crippen LogP contribution in [0.1, 0.15) is 31.1 Å². The predicted molar refractivity (Wildman–Crippen MR) is 130 cm³/mol. The molecule has 1 aliphatic rings. The van der Waals surface area contributed by atoms with Crippen LogP contribution in [0.3, 0.4) is 0 Å². The zero-order valence-corrected chi connectivity index (χ0v) is 19.8. The Bertz CT molecular complexity index is 1140. The van der Waals surface area contributed by atoms with E-state index in [1.807, 2.05) is 6.07 Å². The van der Waals surface area contributed by atoms with Crippen molar-refractivity contribution in [3.63, 3.8) is 0 Å². The highest BCUT2D eigenvalue weighted by atomic mass is 32.2. The van der Waals surface area contributed by atoms with Gasteiger partial charge in [0.25, 0.3) is 0 Å². The highest BCUT2D eigenvalue weighted by Gasteiger charge is 2.47. The van der Waals surface area contributed by atoms with E-state index >= 15 is 0 Å². The summed E-state index contributed by atoms with van der Waals surface area (Å²) in [5, 5.41) is -0.862. The number of benzene rings is 3. The largest absolute Gasteiger partial charge is 0.453 e. The molecule has 8 heteroatoms. The summed E-state index contributed by atoms with van der Waals surface area (Å²) in [6, 6.07) is 25.7. The molecule has 7 nitrogen and oxygen atoms in total. The van der Waals surface area contributed by atoms with Gasteiger partial charge in [-0.3, -0.25) is 4.79 Å². The van der Waals surface area contributed by atoms with Crippen LogP contribution in [0.2, 0.25) is 0 Å². The molecule has 1 heterocycles. The molecule has 0 aromatic heterocycles. The molecule has 35 heavy (non-hydrogen) atoms. The van der Waals surface area contributed by atoms with Crippen molar-refractivity contribution in [1.82, 2.24) is 0 Å². The Hall–Kier alpha value is -3.46. The second-order valence-corrected chi connectivity index (χ2v) is 8.93. The fraction of sp³-hybridized carbons (Fsp3) is 0.222. The lowest BCUT2D eigenvalue weighted by Crippen LogP contribution is -2.56. The zero-order chi connectivity index (χ0) is 24.6. The van der Waals surface area contributed by atoms with Gasteiger partial charge in [0, 0.05) is 12.7 Å². The number of methoxy groups -OCH3 is 1. The molecule has 4 rings (SSSR count). The number of thioether (sulfide) groups is 1. The van der Waals surface area contributed by atoms with Gasteiger partial charge in [0.15, 0.2) is 18.5 Å². The molecule has 1 aliphatic heterocycles. The van der Waals surface area contributed by atoms with Gasteiger partial charge in [-0.05, 0) is 24.3 Å². The minimum absolute atomic E-state index is 0.0495. The third kappa shape index (κ3) is 6.16. The Morgan fingerprint density at radius 3 is 1.66 bits per heavy atom. The lowest BCUT2D eigenvalue weighted by Gasteiger charge is -2.40. The summed E-state index contributed by atoms with van der Waals surface area (Å²) in [6.45, 7) is 0.0495. The quantitative estimate of drug-likeness (QED) is 0.449. The summed E-state index contributed by atoms with van der Waals surface area (Å²) < 4.78 is 22.8. The van der Waals surface area contributed by atoms with Crippen molar-refractivity contribution >= 4 is 28.8 Å². The first kappa shape index (κ1) is 24.7. The number of hydrogen-bond donors (Lipinski definition) is 0. The van der Waals surface area contributed by atoms with Gasteiger partial charge in [0.2, 0.25) is 5.12 Å².